The zero-order valence-electron chi connectivity index (χ0n) is 18.9. The molecule has 3 aromatic rings. The number of benzene rings is 3. The quantitative estimate of drug-likeness (QED) is 0.557. The first-order valence-corrected chi connectivity index (χ1v) is 12.0. The molecule has 2 fully saturated rings. The third-order valence-corrected chi connectivity index (χ3v) is 7.59. The summed E-state index contributed by atoms with van der Waals surface area (Å²) in [5.74, 6) is -1.03. The maximum atomic E-state index is 14.3. The fourth-order valence-electron chi connectivity index (χ4n) is 5.65. The van der Waals surface area contributed by atoms with E-state index in [0.717, 1.165) is 28.4 Å². The molecule has 0 aromatic heterocycles. The van der Waals surface area contributed by atoms with Crippen LogP contribution in [0.4, 0.5) is 21.9 Å². The third-order valence-electron chi connectivity index (χ3n) is 7.34. The molecule has 35 heavy (non-hydrogen) atoms. The minimum atomic E-state index is -1.46. The summed E-state index contributed by atoms with van der Waals surface area (Å²) in [7, 11) is 0. The van der Waals surface area contributed by atoms with Crippen molar-refractivity contribution in [3.8, 4) is 0 Å². The second kappa shape index (κ2) is 8.13. The molecule has 176 valence electrons. The van der Waals surface area contributed by atoms with Gasteiger partial charge in [0.2, 0.25) is 5.91 Å². The molecular weight excluding hydrogens is 464 g/mol. The number of halogens is 1. The fourth-order valence-corrected chi connectivity index (χ4v) is 5.78. The maximum absolute atomic E-state index is 14.3. The molecule has 0 radical (unpaired) electrons. The third kappa shape index (κ3) is 3.30. The van der Waals surface area contributed by atoms with Gasteiger partial charge in [0.05, 0.1) is 11.7 Å². The van der Waals surface area contributed by atoms with E-state index in [0.29, 0.717) is 23.8 Å². The zero-order chi connectivity index (χ0) is 24.2. The number of hydrogen-bond acceptors (Lipinski definition) is 5. The summed E-state index contributed by atoms with van der Waals surface area (Å²) in [6.07, 6.45) is 0.222. The Hall–Kier alpha value is -3.84. The number of urea groups is 1. The number of anilines is 3. The van der Waals surface area contributed by atoms with Crippen LogP contribution in [0.2, 0.25) is 5.02 Å². The van der Waals surface area contributed by atoms with Crippen molar-refractivity contribution < 1.29 is 14.4 Å². The first kappa shape index (κ1) is 21.7. The first-order valence-electron chi connectivity index (χ1n) is 11.6. The highest BCUT2D eigenvalue weighted by Gasteiger charge is 2.63. The lowest BCUT2D eigenvalue weighted by atomic mass is 9.67. The standard InChI is InChI=1S/C27H23ClN4O3/c28-19-10-12-20(13-11-19)30-14-15-31-22-9-5-4-6-18(22)16-27(23(31)17-30)24(33)29-26(35)32(25(27)34)21-7-2-1-3-8-21/h1-13,23H,14-17H2,(H,29,33,35)/t23-,27-/m1/s1. The van der Waals surface area contributed by atoms with Crippen molar-refractivity contribution in [3.63, 3.8) is 0 Å². The monoisotopic (exact) mass is 486 g/mol. The number of carbonyl (C=O) groups is 3. The van der Waals surface area contributed by atoms with Gasteiger partial charge in [-0.25, -0.2) is 9.69 Å². The van der Waals surface area contributed by atoms with Gasteiger partial charge >= 0.3 is 6.03 Å². The van der Waals surface area contributed by atoms with Gasteiger partial charge in [0.25, 0.3) is 5.91 Å². The van der Waals surface area contributed by atoms with Gasteiger partial charge in [0.15, 0.2) is 5.41 Å². The van der Waals surface area contributed by atoms with Crippen LogP contribution in [0.3, 0.4) is 0 Å². The lowest BCUT2D eigenvalue weighted by Gasteiger charge is -2.55. The molecule has 1 spiro atoms. The Bertz CT molecular complexity index is 1330. The highest BCUT2D eigenvalue weighted by Crippen LogP contribution is 2.46. The van der Waals surface area contributed by atoms with Crippen LogP contribution in [0, 0.1) is 5.41 Å². The van der Waals surface area contributed by atoms with Crippen molar-refractivity contribution >= 4 is 46.5 Å². The number of fused-ring (bicyclic) bond motifs is 4. The van der Waals surface area contributed by atoms with Crippen LogP contribution in [0.15, 0.2) is 78.9 Å². The fraction of sp³-hybridized carbons (Fsp3) is 0.222. The van der Waals surface area contributed by atoms with Crippen molar-refractivity contribution in [2.45, 2.75) is 12.5 Å². The summed E-state index contributed by atoms with van der Waals surface area (Å²) < 4.78 is 0. The Morgan fingerprint density at radius 3 is 2.31 bits per heavy atom. The lowest BCUT2D eigenvalue weighted by Crippen LogP contribution is -2.75. The molecule has 6 rings (SSSR count). The minimum Gasteiger partial charge on any atom is -0.368 e. The molecule has 3 aromatic carbocycles. The Kier molecular flexibility index (Phi) is 5.04. The van der Waals surface area contributed by atoms with Gasteiger partial charge in [-0.2, -0.15) is 0 Å². The Morgan fingerprint density at radius 2 is 1.54 bits per heavy atom. The van der Waals surface area contributed by atoms with Gasteiger partial charge in [-0.05, 0) is 54.4 Å². The molecule has 0 saturated carbocycles. The Labute approximate surface area is 207 Å². The highest BCUT2D eigenvalue weighted by molar-refractivity contribution is 6.31. The van der Waals surface area contributed by atoms with Crippen molar-refractivity contribution in [2.24, 2.45) is 5.41 Å². The number of para-hydroxylation sites is 2. The largest absolute Gasteiger partial charge is 0.368 e. The molecule has 1 N–H and O–H groups in total. The molecule has 0 bridgehead atoms. The number of amides is 4. The van der Waals surface area contributed by atoms with Crippen LogP contribution in [-0.2, 0) is 16.0 Å². The van der Waals surface area contributed by atoms with E-state index in [-0.39, 0.29) is 6.42 Å². The zero-order valence-corrected chi connectivity index (χ0v) is 19.6. The van der Waals surface area contributed by atoms with E-state index in [1.54, 1.807) is 24.3 Å². The highest BCUT2D eigenvalue weighted by atomic mass is 35.5. The summed E-state index contributed by atoms with van der Waals surface area (Å²) in [5.41, 5.74) is 1.92. The van der Waals surface area contributed by atoms with Gasteiger partial charge in [0.1, 0.15) is 0 Å². The number of hydrogen-bond donors (Lipinski definition) is 1. The molecule has 0 aliphatic carbocycles. The number of piperazine rings is 1. The van der Waals surface area contributed by atoms with Crippen LogP contribution in [0.25, 0.3) is 0 Å². The van der Waals surface area contributed by atoms with Gasteiger partial charge in [-0.1, -0.05) is 48.0 Å². The normalized spacial score (nSPS) is 23.7. The molecule has 0 unspecified atom stereocenters. The number of rotatable bonds is 2. The SMILES string of the molecule is O=C1NC(=O)[C@]2(Cc3ccccc3N3CCN(c4ccc(Cl)cc4)C[C@@H]32)C(=O)N1c1ccccc1. The maximum Gasteiger partial charge on any atom is 0.335 e. The first-order chi connectivity index (χ1) is 17.0. The Morgan fingerprint density at radius 1 is 0.829 bits per heavy atom. The van der Waals surface area contributed by atoms with Crippen LogP contribution in [-0.4, -0.2) is 43.5 Å². The average molecular weight is 487 g/mol. The van der Waals surface area contributed by atoms with Gasteiger partial charge in [-0.3, -0.25) is 14.9 Å². The molecule has 4 amide bonds. The molecule has 2 saturated heterocycles. The second-order valence-electron chi connectivity index (χ2n) is 9.14. The van der Waals surface area contributed by atoms with Crippen LogP contribution < -0.4 is 20.0 Å². The number of nitrogens with one attached hydrogen (secondary N) is 1. The second-order valence-corrected chi connectivity index (χ2v) is 9.58. The summed E-state index contributed by atoms with van der Waals surface area (Å²) in [6.45, 7) is 1.80. The van der Waals surface area contributed by atoms with E-state index in [9.17, 15) is 14.4 Å². The summed E-state index contributed by atoms with van der Waals surface area (Å²) in [4.78, 5) is 46.3. The van der Waals surface area contributed by atoms with E-state index in [2.05, 4.69) is 15.1 Å². The number of imide groups is 2. The van der Waals surface area contributed by atoms with Crippen molar-refractivity contribution in [1.29, 1.82) is 0 Å². The summed E-state index contributed by atoms with van der Waals surface area (Å²) in [6, 6.07) is 23.1. The van der Waals surface area contributed by atoms with E-state index >= 15 is 0 Å². The summed E-state index contributed by atoms with van der Waals surface area (Å²) in [5, 5.41) is 3.16. The number of barbiturate groups is 1. The van der Waals surface area contributed by atoms with Crippen molar-refractivity contribution in [2.75, 3.05) is 34.3 Å². The van der Waals surface area contributed by atoms with Crippen LogP contribution >= 0.6 is 11.6 Å². The predicted molar refractivity (Wildman–Crippen MR) is 135 cm³/mol. The van der Waals surface area contributed by atoms with Gasteiger partial charge in [0, 0.05) is 36.0 Å². The van der Waals surface area contributed by atoms with E-state index in [4.69, 9.17) is 11.6 Å². The molecule has 3 aliphatic rings. The van der Waals surface area contributed by atoms with Crippen molar-refractivity contribution in [1.82, 2.24) is 5.32 Å². The predicted octanol–water partition coefficient (Wildman–Crippen LogP) is 3.86. The van der Waals surface area contributed by atoms with Crippen molar-refractivity contribution in [3.05, 3.63) is 89.4 Å². The molecule has 3 heterocycles. The van der Waals surface area contributed by atoms with Gasteiger partial charge < -0.3 is 9.80 Å². The van der Waals surface area contributed by atoms with E-state index in [1.165, 1.54) is 0 Å². The Balaban J connectivity index is 1.48. The van der Waals surface area contributed by atoms with E-state index < -0.39 is 29.3 Å². The van der Waals surface area contributed by atoms with Crippen LogP contribution in [0.1, 0.15) is 5.56 Å². The van der Waals surface area contributed by atoms with Gasteiger partial charge in [-0.15, -0.1) is 0 Å². The molecule has 8 heteroatoms. The molecule has 2 atom stereocenters. The lowest BCUT2D eigenvalue weighted by molar-refractivity contribution is -0.144. The minimum absolute atomic E-state index is 0.222. The number of carbonyl (C=O) groups excluding carboxylic acids is 3. The summed E-state index contributed by atoms with van der Waals surface area (Å²) >= 11 is 6.10. The average Bonchev–Trinajstić information content (AvgIpc) is 2.88. The smallest absolute Gasteiger partial charge is 0.335 e. The van der Waals surface area contributed by atoms with E-state index in [1.807, 2.05) is 54.6 Å². The number of nitrogens with zero attached hydrogens (tertiary/aromatic N) is 3. The van der Waals surface area contributed by atoms with Crippen LogP contribution in [0.5, 0.6) is 0 Å². The molecular formula is C27H23ClN4O3. The topological polar surface area (TPSA) is 73.0 Å². The molecule has 3 aliphatic heterocycles. The molecule has 7 nitrogen and oxygen atoms in total.